The Bertz CT molecular complexity index is 724. The van der Waals surface area contributed by atoms with Crippen molar-refractivity contribution in [2.75, 3.05) is 13.7 Å². The van der Waals surface area contributed by atoms with Crippen LogP contribution in [0.3, 0.4) is 0 Å². The predicted molar refractivity (Wildman–Crippen MR) is 101 cm³/mol. The van der Waals surface area contributed by atoms with Crippen LogP contribution in [0.15, 0.2) is 24.3 Å². The first-order valence-electron chi connectivity index (χ1n) is 10.2. The molecule has 1 N–H and O–H groups in total. The maximum absolute atomic E-state index is 10.2. The van der Waals surface area contributed by atoms with Crippen molar-refractivity contribution in [3.05, 3.63) is 35.4 Å². The molecule has 0 unspecified atom stereocenters. The molecular formula is C22H29NO3. The number of hydrogen-bond acceptors (Lipinski definition) is 4. The van der Waals surface area contributed by atoms with E-state index in [1.807, 2.05) is 6.08 Å². The van der Waals surface area contributed by atoms with Crippen molar-refractivity contribution >= 4 is 0 Å². The zero-order chi connectivity index (χ0) is 17.7. The minimum Gasteiger partial charge on any atom is -0.493 e. The fraction of sp³-hybridized carbons (Fsp3) is 0.636. The maximum atomic E-state index is 10.2. The number of rotatable bonds is 2. The third-order valence-electron chi connectivity index (χ3n) is 7.08. The van der Waals surface area contributed by atoms with Crippen molar-refractivity contribution in [1.82, 2.24) is 4.90 Å². The molecule has 0 amide bonds. The Labute approximate surface area is 155 Å². The molecule has 4 heteroatoms. The van der Waals surface area contributed by atoms with Gasteiger partial charge in [-0.25, -0.2) is 0 Å². The van der Waals surface area contributed by atoms with Gasteiger partial charge in [-0.2, -0.15) is 0 Å². The molecule has 1 aromatic carbocycles. The van der Waals surface area contributed by atoms with Gasteiger partial charge in [-0.05, 0) is 30.9 Å². The Balaban J connectivity index is 1.59. The highest BCUT2D eigenvalue weighted by Crippen LogP contribution is 2.56. The van der Waals surface area contributed by atoms with Crippen molar-refractivity contribution in [2.45, 2.75) is 75.2 Å². The molecule has 3 atom stereocenters. The van der Waals surface area contributed by atoms with Crippen molar-refractivity contribution < 1.29 is 14.6 Å². The molecule has 2 aliphatic carbocycles. The number of methoxy groups -OCH3 is 1. The van der Waals surface area contributed by atoms with Gasteiger partial charge < -0.3 is 14.6 Å². The molecule has 0 bridgehead atoms. The average Bonchev–Trinajstić information content (AvgIpc) is 2.90. The van der Waals surface area contributed by atoms with Gasteiger partial charge in [0.05, 0.1) is 18.6 Å². The van der Waals surface area contributed by atoms with Crippen LogP contribution in [-0.4, -0.2) is 41.9 Å². The molecule has 1 fully saturated rings. The van der Waals surface area contributed by atoms with Crippen LogP contribution in [0.4, 0.5) is 0 Å². The first kappa shape index (κ1) is 16.6. The van der Waals surface area contributed by atoms with Crippen molar-refractivity contribution in [1.29, 1.82) is 0 Å². The summed E-state index contributed by atoms with van der Waals surface area (Å²) in [7, 11) is 1.71. The van der Waals surface area contributed by atoms with E-state index in [2.05, 4.69) is 23.1 Å². The van der Waals surface area contributed by atoms with Crippen LogP contribution in [0.25, 0.3) is 0 Å². The summed E-state index contributed by atoms with van der Waals surface area (Å²) in [5.41, 5.74) is 2.60. The van der Waals surface area contributed by atoms with Crippen LogP contribution in [0, 0.1) is 0 Å². The Hall–Kier alpha value is -1.52. The van der Waals surface area contributed by atoms with Gasteiger partial charge in [-0.1, -0.05) is 37.5 Å². The monoisotopic (exact) mass is 355 g/mol. The second-order valence-electron chi connectivity index (χ2n) is 8.45. The largest absolute Gasteiger partial charge is 0.493 e. The van der Waals surface area contributed by atoms with Gasteiger partial charge in [0.1, 0.15) is 6.10 Å². The number of nitrogens with zero attached hydrogens (tertiary/aromatic N) is 1. The molecule has 0 saturated heterocycles. The van der Waals surface area contributed by atoms with E-state index < -0.39 is 6.10 Å². The Morgan fingerprint density at radius 3 is 2.88 bits per heavy atom. The Kier molecular flexibility index (Phi) is 4.02. The molecule has 2 aliphatic heterocycles. The van der Waals surface area contributed by atoms with Crippen molar-refractivity contribution in [3.8, 4) is 11.5 Å². The van der Waals surface area contributed by atoms with Gasteiger partial charge in [0.15, 0.2) is 11.5 Å². The highest BCUT2D eigenvalue weighted by molar-refractivity contribution is 5.61. The summed E-state index contributed by atoms with van der Waals surface area (Å²) in [5.74, 6) is 1.74. The topological polar surface area (TPSA) is 41.9 Å². The van der Waals surface area contributed by atoms with E-state index in [0.29, 0.717) is 12.5 Å². The summed E-state index contributed by atoms with van der Waals surface area (Å²) >= 11 is 0. The van der Waals surface area contributed by atoms with Crippen LogP contribution in [0.5, 0.6) is 11.5 Å². The number of aliphatic hydroxyl groups excluding tert-OH is 1. The van der Waals surface area contributed by atoms with Gasteiger partial charge in [0.2, 0.25) is 0 Å². The predicted octanol–water partition coefficient (Wildman–Crippen LogP) is 3.55. The molecule has 1 spiro atoms. The minimum atomic E-state index is -0.410. The van der Waals surface area contributed by atoms with Gasteiger partial charge in [-0.3, -0.25) is 4.90 Å². The van der Waals surface area contributed by atoms with Gasteiger partial charge >= 0.3 is 0 Å². The smallest absolute Gasteiger partial charge is 0.166 e. The molecule has 4 aliphatic rings. The van der Waals surface area contributed by atoms with Crippen molar-refractivity contribution in [3.63, 3.8) is 0 Å². The van der Waals surface area contributed by atoms with Crippen LogP contribution >= 0.6 is 0 Å². The molecule has 140 valence electrons. The van der Waals surface area contributed by atoms with E-state index in [4.69, 9.17) is 9.47 Å². The third kappa shape index (κ3) is 2.42. The first-order chi connectivity index (χ1) is 12.7. The second kappa shape index (κ2) is 6.28. The molecular weight excluding hydrogens is 326 g/mol. The number of hydrogen-bond donors (Lipinski definition) is 1. The molecule has 0 radical (unpaired) electrons. The highest BCUT2D eigenvalue weighted by atomic mass is 16.5. The Morgan fingerprint density at radius 1 is 1.23 bits per heavy atom. The lowest BCUT2D eigenvalue weighted by molar-refractivity contribution is 0.0752. The van der Waals surface area contributed by atoms with Crippen molar-refractivity contribution in [2.24, 2.45) is 0 Å². The molecule has 1 saturated carbocycles. The first-order valence-corrected chi connectivity index (χ1v) is 10.2. The normalized spacial score (nSPS) is 33.9. The summed E-state index contributed by atoms with van der Waals surface area (Å²) < 4.78 is 12.0. The average molecular weight is 355 g/mol. The van der Waals surface area contributed by atoms with E-state index in [9.17, 15) is 5.11 Å². The molecule has 0 aromatic heterocycles. The Morgan fingerprint density at radius 2 is 2.08 bits per heavy atom. The standard InChI is InChI=1S/C22H29NO3/c1-25-18-8-7-15-14-23(16-5-3-2-4-6-16)12-11-22-10-9-17(24)13-19(22)26-21(18)20(15)22/h7-10,16-17,19,24H,2-6,11-14H2,1H3/t17-,19-,22-/m0/s1. The summed E-state index contributed by atoms with van der Waals surface area (Å²) in [5, 5.41) is 10.2. The molecule has 5 rings (SSSR count). The van der Waals surface area contributed by atoms with Crippen LogP contribution in [0.2, 0.25) is 0 Å². The van der Waals surface area contributed by atoms with E-state index >= 15 is 0 Å². The van der Waals surface area contributed by atoms with Gasteiger partial charge in [0, 0.05) is 31.1 Å². The van der Waals surface area contributed by atoms with Crippen LogP contribution < -0.4 is 9.47 Å². The number of benzene rings is 1. The zero-order valence-electron chi connectivity index (χ0n) is 15.6. The second-order valence-corrected chi connectivity index (χ2v) is 8.45. The lowest BCUT2D eigenvalue weighted by atomic mass is 9.69. The fourth-order valence-electron chi connectivity index (χ4n) is 5.72. The number of aliphatic hydroxyl groups is 1. The quantitative estimate of drug-likeness (QED) is 0.824. The molecule has 26 heavy (non-hydrogen) atoms. The lowest BCUT2D eigenvalue weighted by Crippen LogP contribution is -2.44. The number of ether oxygens (including phenoxy) is 2. The van der Waals surface area contributed by atoms with Gasteiger partial charge in [0.25, 0.3) is 0 Å². The highest BCUT2D eigenvalue weighted by Gasteiger charge is 2.53. The van der Waals surface area contributed by atoms with Crippen LogP contribution in [-0.2, 0) is 12.0 Å². The molecule has 4 nitrogen and oxygen atoms in total. The summed E-state index contributed by atoms with van der Waals surface area (Å²) in [6, 6.07) is 5.02. The lowest BCUT2D eigenvalue weighted by Gasteiger charge is -2.37. The molecule has 2 heterocycles. The molecule has 1 aromatic rings. The minimum absolute atomic E-state index is 0.0128. The zero-order valence-corrected chi connectivity index (χ0v) is 15.6. The SMILES string of the molecule is COc1ccc2c3c1O[C@H]1C[C@@H](O)C=C[C@@]31CCN(C1CCCCC1)C2. The third-order valence-corrected chi connectivity index (χ3v) is 7.08. The van der Waals surface area contributed by atoms with E-state index in [1.54, 1.807) is 7.11 Å². The fourth-order valence-corrected chi connectivity index (χ4v) is 5.72. The summed E-state index contributed by atoms with van der Waals surface area (Å²) in [6.45, 7) is 2.10. The van der Waals surface area contributed by atoms with E-state index in [-0.39, 0.29) is 11.5 Å². The maximum Gasteiger partial charge on any atom is 0.166 e. The van der Waals surface area contributed by atoms with Crippen LogP contribution in [0.1, 0.15) is 56.1 Å². The summed E-state index contributed by atoms with van der Waals surface area (Å²) in [4.78, 5) is 2.71. The van der Waals surface area contributed by atoms with E-state index in [0.717, 1.165) is 31.0 Å². The summed E-state index contributed by atoms with van der Waals surface area (Å²) in [6.07, 6.45) is 12.3. The van der Waals surface area contributed by atoms with Gasteiger partial charge in [-0.15, -0.1) is 0 Å². The van der Waals surface area contributed by atoms with E-state index in [1.165, 1.54) is 43.2 Å².